The number of nitrogens with one attached hydrogen (secondary N) is 1. The third-order valence-electron chi connectivity index (χ3n) is 2.90. The Morgan fingerprint density at radius 3 is 2.93 bits per heavy atom. The van der Waals surface area contributed by atoms with Gasteiger partial charge in [-0.15, -0.1) is 11.3 Å². The molecule has 1 aromatic rings. The molecular formula is C10H15ClN2S. The standard InChI is InChI=1S/C10H15ClN2S/c1-7-4-2-3-5-8(7)12-10-13-9(11)6-14-10/h6-8H,2-5H2,1H3,(H,12,13). The highest BCUT2D eigenvalue weighted by atomic mass is 35.5. The molecule has 1 N–H and O–H groups in total. The molecule has 0 bridgehead atoms. The zero-order valence-electron chi connectivity index (χ0n) is 8.29. The van der Waals surface area contributed by atoms with E-state index in [1.165, 1.54) is 25.7 Å². The van der Waals surface area contributed by atoms with E-state index < -0.39 is 0 Å². The largest absolute Gasteiger partial charge is 0.358 e. The normalized spacial score (nSPS) is 27.6. The molecule has 1 heterocycles. The summed E-state index contributed by atoms with van der Waals surface area (Å²) in [6.45, 7) is 2.31. The molecule has 0 radical (unpaired) electrons. The molecule has 1 aliphatic carbocycles. The number of nitrogens with zero attached hydrogens (tertiary/aromatic N) is 1. The Labute approximate surface area is 93.7 Å². The molecule has 0 spiro atoms. The van der Waals surface area contributed by atoms with Gasteiger partial charge in [0.05, 0.1) is 0 Å². The predicted molar refractivity (Wildman–Crippen MR) is 62.2 cm³/mol. The fourth-order valence-corrected chi connectivity index (χ4v) is 2.91. The van der Waals surface area contributed by atoms with E-state index in [4.69, 9.17) is 11.6 Å². The molecule has 0 aliphatic heterocycles. The van der Waals surface area contributed by atoms with Gasteiger partial charge in [-0.3, -0.25) is 0 Å². The van der Waals surface area contributed by atoms with Crippen LogP contribution in [0.3, 0.4) is 0 Å². The van der Waals surface area contributed by atoms with E-state index in [0.29, 0.717) is 11.2 Å². The Morgan fingerprint density at radius 2 is 2.29 bits per heavy atom. The van der Waals surface area contributed by atoms with Crippen molar-refractivity contribution in [2.24, 2.45) is 5.92 Å². The van der Waals surface area contributed by atoms with Crippen LogP contribution >= 0.6 is 22.9 Å². The van der Waals surface area contributed by atoms with Crippen molar-refractivity contribution in [2.75, 3.05) is 5.32 Å². The zero-order valence-corrected chi connectivity index (χ0v) is 9.87. The highest BCUT2D eigenvalue weighted by molar-refractivity contribution is 7.14. The van der Waals surface area contributed by atoms with E-state index in [9.17, 15) is 0 Å². The third kappa shape index (κ3) is 2.39. The molecular weight excluding hydrogens is 216 g/mol. The molecule has 2 rings (SSSR count). The number of halogens is 1. The fraction of sp³-hybridized carbons (Fsp3) is 0.700. The SMILES string of the molecule is CC1CCCCC1Nc1nc(Cl)cs1. The Bertz CT molecular complexity index is 300. The van der Waals surface area contributed by atoms with Gasteiger partial charge >= 0.3 is 0 Å². The summed E-state index contributed by atoms with van der Waals surface area (Å²) in [6, 6.07) is 0.589. The number of rotatable bonds is 2. The number of hydrogen-bond acceptors (Lipinski definition) is 3. The van der Waals surface area contributed by atoms with Gasteiger partial charge in [0.25, 0.3) is 0 Å². The van der Waals surface area contributed by atoms with Crippen molar-refractivity contribution in [2.45, 2.75) is 38.6 Å². The van der Waals surface area contributed by atoms with Crippen molar-refractivity contribution < 1.29 is 0 Å². The van der Waals surface area contributed by atoms with Gasteiger partial charge in [-0.2, -0.15) is 0 Å². The predicted octanol–water partition coefficient (Wildman–Crippen LogP) is 3.79. The summed E-state index contributed by atoms with van der Waals surface area (Å²) >= 11 is 7.36. The Balaban J connectivity index is 1.95. The first-order valence-electron chi connectivity index (χ1n) is 5.13. The lowest BCUT2D eigenvalue weighted by molar-refractivity contribution is 0.349. The summed E-state index contributed by atoms with van der Waals surface area (Å²) in [6.07, 6.45) is 5.30. The van der Waals surface area contributed by atoms with E-state index in [1.807, 2.05) is 5.38 Å². The quantitative estimate of drug-likeness (QED) is 0.836. The second-order valence-electron chi connectivity index (χ2n) is 3.99. The average molecular weight is 231 g/mol. The fourth-order valence-electron chi connectivity index (χ4n) is 2.01. The molecule has 2 atom stereocenters. The minimum absolute atomic E-state index is 0.589. The van der Waals surface area contributed by atoms with Crippen molar-refractivity contribution >= 4 is 28.1 Å². The molecule has 1 fully saturated rings. The Morgan fingerprint density at radius 1 is 1.50 bits per heavy atom. The van der Waals surface area contributed by atoms with E-state index in [2.05, 4.69) is 17.2 Å². The molecule has 0 amide bonds. The Hall–Kier alpha value is -0.280. The number of aromatic nitrogens is 1. The van der Waals surface area contributed by atoms with Crippen LogP contribution in [0.1, 0.15) is 32.6 Å². The molecule has 1 aromatic heterocycles. The summed E-state index contributed by atoms with van der Waals surface area (Å²) < 4.78 is 0. The highest BCUT2D eigenvalue weighted by Crippen LogP contribution is 2.28. The maximum atomic E-state index is 5.77. The molecule has 2 nitrogen and oxygen atoms in total. The summed E-state index contributed by atoms with van der Waals surface area (Å²) in [5, 5.41) is 6.91. The maximum Gasteiger partial charge on any atom is 0.184 e. The molecule has 1 aliphatic rings. The zero-order chi connectivity index (χ0) is 9.97. The molecule has 14 heavy (non-hydrogen) atoms. The van der Waals surface area contributed by atoms with Crippen molar-refractivity contribution in [3.05, 3.63) is 10.5 Å². The molecule has 2 unspecified atom stereocenters. The number of anilines is 1. The monoisotopic (exact) mass is 230 g/mol. The van der Waals surface area contributed by atoms with Crippen LogP contribution in [0, 0.1) is 5.92 Å². The van der Waals surface area contributed by atoms with Crippen molar-refractivity contribution in [3.63, 3.8) is 0 Å². The van der Waals surface area contributed by atoms with Gasteiger partial charge < -0.3 is 5.32 Å². The smallest absolute Gasteiger partial charge is 0.184 e. The average Bonchev–Trinajstić information content (AvgIpc) is 2.56. The van der Waals surface area contributed by atoms with Crippen LogP contribution in [0.2, 0.25) is 5.15 Å². The van der Waals surface area contributed by atoms with Gasteiger partial charge in [0, 0.05) is 11.4 Å². The van der Waals surface area contributed by atoms with Crippen molar-refractivity contribution in [1.29, 1.82) is 0 Å². The van der Waals surface area contributed by atoms with E-state index in [0.717, 1.165) is 11.0 Å². The van der Waals surface area contributed by atoms with Crippen LogP contribution in [-0.4, -0.2) is 11.0 Å². The molecule has 0 aromatic carbocycles. The van der Waals surface area contributed by atoms with Crippen LogP contribution < -0.4 is 5.32 Å². The van der Waals surface area contributed by atoms with Crippen LogP contribution in [0.4, 0.5) is 5.13 Å². The number of thiazole rings is 1. The van der Waals surface area contributed by atoms with Crippen LogP contribution in [-0.2, 0) is 0 Å². The first kappa shape index (κ1) is 10.2. The van der Waals surface area contributed by atoms with Crippen LogP contribution in [0.5, 0.6) is 0 Å². The minimum atomic E-state index is 0.589. The first-order chi connectivity index (χ1) is 6.75. The summed E-state index contributed by atoms with van der Waals surface area (Å²) in [5.74, 6) is 0.756. The van der Waals surface area contributed by atoms with Crippen LogP contribution in [0.25, 0.3) is 0 Å². The summed E-state index contributed by atoms with van der Waals surface area (Å²) in [4.78, 5) is 4.21. The van der Waals surface area contributed by atoms with Gasteiger partial charge in [-0.25, -0.2) is 4.98 Å². The van der Waals surface area contributed by atoms with Crippen LogP contribution in [0.15, 0.2) is 5.38 Å². The third-order valence-corrected chi connectivity index (χ3v) is 3.99. The van der Waals surface area contributed by atoms with Crippen molar-refractivity contribution in [3.8, 4) is 0 Å². The van der Waals surface area contributed by atoms with E-state index in [1.54, 1.807) is 11.3 Å². The topological polar surface area (TPSA) is 24.9 Å². The van der Waals surface area contributed by atoms with E-state index >= 15 is 0 Å². The summed E-state index contributed by atoms with van der Waals surface area (Å²) in [5.41, 5.74) is 0. The lowest BCUT2D eigenvalue weighted by Crippen LogP contribution is -2.30. The van der Waals surface area contributed by atoms with Gasteiger partial charge in [0.15, 0.2) is 5.13 Å². The van der Waals surface area contributed by atoms with Gasteiger partial charge in [-0.1, -0.05) is 31.4 Å². The Kier molecular flexibility index (Phi) is 3.29. The first-order valence-corrected chi connectivity index (χ1v) is 6.39. The van der Waals surface area contributed by atoms with Gasteiger partial charge in [-0.05, 0) is 18.8 Å². The maximum absolute atomic E-state index is 5.77. The lowest BCUT2D eigenvalue weighted by atomic mass is 9.86. The second kappa shape index (κ2) is 4.49. The number of hydrogen-bond donors (Lipinski definition) is 1. The van der Waals surface area contributed by atoms with Gasteiger partial charge in [0.2, 0.25) is 0 Å². The minimum Gasteiger partial charge on any atom is -0.358 e. The highest BCUT2D eigenvalue weighted by Gasteiger charge is 2.21. The molecule has 1 saturated carbocycles. The molecule has 4 heteroatoms. The van der Waals surface area contributed by atoms with Crippen molar-refractivity contribution in [1.82, 2.24) is 4.98 Å². The molecule has 0 saturated heterocycles. The lowest BCUT2D eigenvalue weighted by Gasteiger charge is -2.29. The summed E-state index contributed by atoms with van der Waals surface area (Å²) in [7, 11) is 0. The molecule has 78 valence electrons. The second-order valence-corrected chi connectivity index (χ2v) is 5.23. The van der Waals surface area contributed by atoms with E-state index in [-0.39, 0.29) is 0 Å². The van der Waals surface area contributed by atoms with Gasteiger partial charge in [0.1, 0.15) is 5.15 Å².